The number of benzene rings is 1. The number of Topliss-reactive ketones (excluding diaryl/α,β-unsaturated/α-hetero) is 1. The Bertz CT molecular complexity index is 650. The molecule has 0 aliphatic heterocycles. The predicted octanol–water partition coefficient (Wildman–Crippen LogP) is 3.16. The Morgan fingerprint density at radius 3 is 2.74 bits per heavy atom. The lowest BCUT2D eigenvalue weighted by molar-refractivity contribution is 0.102. The lowest BCUT2D eigenvalue weighted by atomic mass is 10.1. The van der Waals surface area contributed by atoms with Gasteiger partial charge in [0, 0.05) is 5.56 Å². The Labute approximate surface area is 139 Å². The van der Waals surface area contributed by atoms with Gasteiger partial charge in [-0.15, -0.1) is 5.10 Å². The van der Waals surface area contributed by atoms with Crippen molar-refractivity contribution in [3.05, 3.63) is 29.8 Å². The van der Waals surface area contributed by atoms with Crippen molar-refractivity contribution in [1.82, 2.24) is 20.2 Å². The van der Waals surface area contributed by atoms with E-state index >= 15 is 0 Å². The summed E-state index contributed by atoms with van der Waals surface area (Å²) in [7, 11) is 0. The monoisotopic (exact) mass is 332 g/mol. The van der Waals surface area contributed by atoms with E-state index in [1.54, 1.807) is 12.1 Å². The number of hydrogen-bond donors (Lipinski definition) is 0. The van der Waals surface area contributed by atoms with Gasteiger partial charge in [0.25, 0.3) is 0 Å². The van der Waals surface area contributed by atoms with Gasteiger partial charge in [0.2, 0.25) is 5.16 Å². The second kappa shape index (κ2) is 7.59. The molecule has 1 heterocycles. The summed E-state index contributed by atoms with van der Waals surface area (Å²) in [5.41, 5.74) is 0.681. The quantitative estimate of drug-likeness (QED) is 0.573. The number of ether oxygens (including phenoxy) is 1. The highest BCUT2D eigenvalue weighted by molar-refractivity contribution is 7.99. The van der Waals surface area contributed by atoms with E-state index in [0.29, 0.717) is 24.0 Å². The standard InChI is InChI=1S/C16H20N4O2S/c1-2-22-14-9-7-12(8-10-14)15(21)11-23-16-17-18-19-20(16)13-5-3-4-6-13/h7-10,13H,2-6,11H2,1H3. The molecule has 0 bridgehead atoms. The first-order valence-electron chi connectivity index (χ1n) is 7.94. The van der Waals surface area contributed by atoms with Crippen LogP contribution >= 0.6 is 11.8 Å². The van der Waals surface area contributed by atoms with Crippen LogP contribution in [0.25, 0.3) is 0 Å². The number of carbonyl (C=O) groups excluding carboxylic acids is 1. The van der Waals surface area contributed by atoms with Gasteiger partial charge in [0.15, 0.2) is 5.78 Å². The van der Waals surface area contributed by atoms with E-state index in [0.717, 1.165) is 23.7 Å². The first kappa shape index (κ1) is 16.0. The molecule has 0 unspecified atom stereocenters. The van der Waals surface area contributed by atoms with Crippen LogP contribution in [0, 0.1) is 0 Å². The summed E-state index contributed by atoms with van der Waals surface area (Å²) in [4.78, 5) is 12.3. The fourth-order valence-corrected chi connectivity index (χ4v) is 3.61. The number of thioether (sulfide) groups is 1. The summed E-state index contributed by atoms with van der Waals surface area (Å²) in [6, 6.07) is 7.63. The summed E-state index contributed by atoms with van der Waals surface area (Å²) in [6.07, 6.45) is 4.68. The largest absolute Gasteiger partial charge is 0.494 e. The van der Waals surface area contributed by atoms with Crippen LogP contribution in [0.2, 0.25) is 0 Å². The van der Waals surface area contributed by atoms with Crippen molar-refractivity contribution < 1.29 is 9.53 Å². The first-order valence-corrected chi connectivity index (χ1v) is 8.93. The van der Waals surface area contributed by atoms with Crippen LogP contribution < -0.4 is 4.74 Å². The first-order chi connectivity index (χ1) is 11.3. The molecule has 1 fully saturated rings. The normalized spacial score (nSPS) is 15.0. The number of tetrazole rings is 1. The van der Waals surface area contributed by atoms with Crippen molar-refractivity contribution in [2.24, 2.45) is 0 Å². The molecule has 0 saturated heterocycles. The van der Waals surface area contributed by atoms with E-state index in [4.69, 9.17) is 4.74 Å². The van der Waals surface area contributed by atoms with Crippen molar-refractivity contribution in [2.75, 3.05) is 12.4 Å². The molecular formula is C16H20N4O2S. The number of ketones is 1. The Hall–Kier alpha value is -1.89. The number of nitrogens with zero attached hydrogens (tertiary/aromatic N) is 4. The van der Waals surface area contributed by atoms with Crippen molar-refractivity contribution >= 4 is 17.5 Å². The van der Waals surface area contributed by atoms with Crippen LogP contribution in [-0.2, 0) is 0 Å². The van der Waals surface area contributed by atoms with Crippen molar-refractivity contribution in [1.29, 1.82) is 0 Å². The lowest BCUT2D eigenvalue weighted by Crippen LogP contribution is -2.10. The molecule has 23 heavy (non-hydrogen) atoms. The van der Waals surface area contributed by atoms with Crippen LogP contribution in [0.4, 0.5) is 0 Å². The zero-order valence-electron chi connectivity index (χ0n) is 13.1. The smallest absolute Gasteiger partial charge is 0.210 e. The molecule has 6 nitrogen and oxygen atoms in total. The van der Waals surface area contributed by atoms with Crippen LogP contribution in [0.1, 0.15) is 49.0 Å². The van der Waals surface area contributed by atoms with Crippen molar-refractivity contribution in [3.63, 3.8) is 0 Å². The Morgan fingerprint density at radius 2 is 2.04 bits per heavy atom. The molecule has 0 amide bonds. The predicted molar refractivity (Wildman–Crippen MR) is 88.0 cm³/mol. The van der Waals surface area contributed by atoms with Crippen LogP contribution in [0.5, 0.6) is 5.75 Å². The molecule has 0 atom stereocenters. The summed E-state index contributed by atoms with van der Waals surface area (Å²) in [5.74, 6) is 1.18. The average Bonchev–Trinajstić information content (AvgIpc) is 3.24. The second-order valence-electron chi connectivity index (χ2n) is 5.51. The molecule has 1 aromatic carbocycles. The van der Waals surface area contributed by atoms with Gasteiger partial charge in [0.05, 0.1) is 18.4 Å². The van der Waals surface area contributed by atoms with E-state index in [1.807, 2.05) is 23.7 Å². The fraction of sp³-hybridized carbons (Fsp3) is 0.500. The Kier molecular flexibility index (Phi) is 5.27. The second-order valence-corrected chi connectivity index (χ2v) is 6.46. The molecule has 2 aromatic rings. The molecule has 0 radical (unpaired) electrons. The van der Waals surface area contributed by atoms with E-state index in [-0.39, 0.29) is 5.78 Å². The molecule has 1 saturated carbocycles. The minimum Gasteiger partial charge on any atom is -0.494 e. The maximum absolute atomic E-state index is 12.3. The summed E-state index contributed by atoms with van der Waals surface area (Å²) < 4.78 is 7.26. The van der Waals surface area contributed by atoms with E-state index < -0.39 is 0 Å². The number of carbonyl (C=O) groups is 1. The minimum absolute atomic E-state index is 0.0685. The summed E-state index contributed by atoms with van der Waals surface area (Å²) in [6.45, 7) is 2.55. The molecule has 0 N–H and O–H groups in total. The average molecular weight is 332 g/mol. The zero-order valence-corrected chi connectivity index (χ0v) is 14.0. The molecular weight excluding hydrogens is 312 g/mol. The molecule has 122 valence electrons. The molecule has 7 heteroatoms. The van der Waals surface area contributed by atoms with Gasteiger partial charge in [-0.1, -0.05) is 24.6 Å². The van der Waals surface area contributed by atoms with Gasteiger partial charge in [0.1, 0.15) is 5.75 Å². The van der Waals surface area contributed by atoms with Crippen LogP contribution in [0.15, 0.2) is 29.4 Å². The maximum Gasteiger partial charge on any atom is 0.210 e. The SMILES string of the molecule is CCOc1ccc(C(=O)CSc2nnnn2C2CCCC2)cc1. The van der Waals surface area contributed by atoms with Gasteiger partial charge in [-0.2, -0.15) is 0 Å². The number of hydrogen-bond acceptors (Lipinski definition) is 6. The van der Waals surface area contributed by atoms with Gasteiger partial charge in [-0.25, -0.2) is 4.68 Å². The van der Waals surface area contributed by atoms with Gasteiger partial charge >= 0.3 is 0 Å². The third kappa shape index (κ3) is 3.90. The van der Waals surface area contributed by atoms with Crippen molar-refractivity contribution in [2.45, 2.75) is 43.8 Å². The highest BCUT2D eigenvalue weighted by Gasteiger charge is 2.22. The van der Waals surface area contributed by atoms with Crippen LogP contribution in [0.3, 0.4) is 0 Å². The van der Waals surface area contributed by atoms with Gasteiger partial charge in [-0.3, -0.25) is 4.79 Å². The molecule has 1 aliphatic carbocycles. The summed E-state index contributed by atoms with van der Waals surface area (Å²) >= 11 is 1.40. The lowest BCUT2D eigenvalue weighted by Gasteiger charge is -2.10. The van der Waals surface area contributed by atoms with Crippen molar-refractivity contribution in [3.8, 4) is 5.75 Å². The van der Waals surface area contributed by atoms with E-state index in [1.165, 1.54) is 24.6 Å². The Morgan fingerprint density at radius 1 is 1.30 bits per heavy atom. The fourth-order valence-electron chi connectivity index (χ4n) is 2.78. The molecule has 1 aromatic heterocycles. The van der Waals surface area contributed by atoms with E-state index in [2.05, 4.69) is 15.5 Å². The highest BCUT2D eigenvalue weighted by Crippen LogP contribution is 2.31. The number of rotatable bonds is 7. The Balaban J connectivity index is 1.59. The maximum atomic E-state index is 12.3. The molecule has 0 spiro atoms. The number of aromatic nitrogens is 4. The van der Waals surface area contributed by atoms with Gasteiger partial charge < -0.3 is 4.74 Å². The third-order valence-corrected chi connectivity index (χ3v) is 4.89. The topological polar surface area (TPSA) is 69.9 Å². The van der Waals surface area contributed by atoms with Crippen LogP contribution in [-0.4, -0.2) is 38.4 Å². The molecule has 1 aliphatic rings. The highest BCUT2D eigenvalue weighted by atomic mass is 32.2. The molecule has 3 rings (SSSR count). The third-order valence-electron chi connectivity index (χ3n) is 3.95. The minimum atomic E-state index is 0.0685. The van der Waals surface area contributed by atoms with E-state index in [9.17, 15) is 4.79 Å². The van der Waals surface area contributed by atoms with Gasteiger partial charge in [-0.05, 0) is 54.5 Å². The summed E-state index contributed by atoms with van der Waals surface area (Å²) in [5, 5.41) is 12.6. The zero-order chi connectivity index (χ0) is 16.1.